The summed E-state index contributed by atoms with van der Waals surface area (Å²) in [5.74, 6) is -0.338. The molecule has 4 aromatic rings. The number of nitrogens with two attached hydrogens (primary N) is 2. The average molecular weight is 553 g/mol. The molecule has 0 saturated heterocycles. The zero-order valence-corrected chi connectivity index (χ0v) is 22.8. The molecular formula is C27H30Cl2N8O. The van der Waals surface area contributed by atoms with E-state index < -0.39 is 0 Å². The van der Waals surface area contributed by atoms with E-state index in [0.29, 0.717) is 17.0 Å². The van der Waals surface area contributed by atoms with Crippen LogP contribution in [0.15, 0.2) is 89.2 Å². The summed E-state index contributed by atoms with van der Waals surface area (Å²) in [6.07, 6.45) is 1.78. The first-order valence-electron chi connectivity index (χ1n) is 11.3. The highest BCUT2D eigenvalue weighted by Crippen LogP contribution is 2.28. The molecule has 11 heteroatoms. The Morgan fingerprint density at radius 1 is 0.868 bits per heavy atom. The molecule has 4 rings (SSSR count). The summed E-state index contributed by atoms with van der Waals surface area (Å²) >= 11 is 0. The summed E-state index contributed by atoms with van der Waals surface area (Å²) < 4.78 is 0. The summed E-state index contributed by atoms with van der Waals surface area (Å²) in [5, 5.41) is 15.0. The van der Waals surface area contributed by atoms with E-state index in [2.05, 4.69) is 36.8 Å². The van der Waals surface area contributed by atoms with E-state index >= 15 is 0 Å². The number of carbonyl (C=O) groups excluding carboxylic acids is 1. The number of guanidine groups is 1. The van der Waals surface area contributed by atoms with Crippen LogP contribution in [0.25, 0.3) is 10.9 Å². The third-order valence-electron chi connectivity index (χ3n) is 5.52. The molecule has 1 heterocycles. The van der Waals surface area contributed by atoms with E-state index in [1.807, 2.05) is 68.7 Å². The first-order chi connectivity index (χ1) is 17.3. The molecule has 0 spiro atoms. The number of aromatic nitrogens is 1. The Labute approximate surface area is 233 Å². The van der Waals surface area contributed by atoms with Crippen molar-refractivity contribution in [1.82, 2.24) is 4.98 Å². The summed E-state index contributed by atoms with van der Waals surface area (Å²) in [7, 11) is 4.01. The fourth-order valence-corrected chi connectivity index (χ4v) is 3.60. The van der Waals surface area contributed by atoms with Crippen LogP contribution in [0, 0.1) is 0 Å². The van der Waals surface area contributed by atoms with Gasteiger partial charge in [-0.25, -0.2) is 0 Å². The fraction of sp³-hybridized carbons (Fsp3) is 0.111. The van der Waals surface area contributed by atoms with Gasteiger partial charge in [0.05, 0.1) is 11.2 Å². The molecule has 6 N–H and O–H groups in total. The molecule has 0 aliphatic rings. The standard InChI is InChI=1S/C27H28N8O.2ClH/c1-17(33-34-27(28)29)19-5-4-6-21(15-19)32-26(36)18-7-9-20(10-8-18)31-25-13-14-30-24-12-11-22(35(2)3)16-23(24)25;;/h4-16H,1-3H3,(H,30,31)(H,32,36)(H4,28,29,34);2*1H/b33-17-;;. The van der Waals surface area contributed by atoms with Crippen molar-refractivity contribution in [2.24, 2.45) is 21.7 Å². The predicted octanol–water partition coefficient (Wildman–Crippen LogP) is 5.14. The number of pyridine rings is 1. The molecule has 9 nitrogen and oxygen atoms in total. The van der Waals surface area contributed by atoms with Crippen LogP contribution in [0.4, 0.5) is 22.7 Å². The van der Waals surface area contributed by atoms with Gasteiger partial charge < -0.3 is 27.0 Å². The van der Waals surface area contributed by atoms with Gasteiger partial charge in [0.25, 0.3) is 5.91 Å². The number of fused-ring (bicyclic) bond motifs is 1. The molecule has 0 bridgehead atoms. The molecule has 38 heavy (non-hydrogen) atoms. The Morgan fingerprint density at radius 2 is 1.61 bits per heavy atom. The number of nitrogens with one attached hydrogen (secondary N) is 2. The number of hydrogen-bond acceptors (Lipinski definition) is 6. The number of hydrogen-bond donors (Lipinski definition) is 4. The Morgan fingerprint density at radius 3 is 2.29 bits per heavy atom. The van der Waals surface area contributed by atoms with Gasteiger partial charge in [0.1, 0.15) is 0 Å². The van der Waals surface area contributed by atoms with Crippen LogP contribution in [-0.4, -0.2) is 36.7 Å². The minimum atomic E-state index is -0.220. The van der Waals surface area contributed by atoms with Crippen molar-refractivity contribution < 1.29 is 4.79 Å². The number of amides is 1. The van der Waals surface area contributed by atoms with Gasteiger partial charge in [0.15, 0.2) is 0 Å². The Kier molecular flexibility index (Phi) is 10.4. The number of halogens is 2. The second-order valence-corrected chi connectivity index (χ2v) is 8.40. The minimum Gasteiger partial charge on any atom is -0.378 e. The van der Waals surface area contributed by atoms with E-state index in [0.717, 1.165) is 33.5 Å². The van der Waals surface area contributed by atoms with Gasteiger partial charge in [-0.3, -0.25) is 9.78 Å². The first-order valence-corrected chi connectivity index (χ1v) is 11.3. The van der Waals surface area contributed by atoms with Crippen molar-refractivity contribution in [2.45, 2.75) is 6.92 Å². The van der Waals surface area contributed by atoms with Crippen molar-refractivity contribution in [1.29, 1.82) is 0 Å². The molecule has 1 amide bonds. The van der Waals surface area contributed by atoms with E-state index in [1.165, 1.54) is 0 Å². The molecule has 0 aliphatic carbocycles. The van der Waals surface area contributed by atoms with Gasteiger partial charge in [0, 0.05) is 54.0 Å². The molecular weight excluding hydrogens is 523 g/mol. The minimum absolute atomic E-state index is 0. The van der Waals surface area contributed by atoms with Gasteiger partial charge in [-0.05, 0) is 73.2 Å². The van der Waals surface area contributed by atoms with E-state index in [4.69, 9.17) is 11.5 Å². The zero-order valence-electron chi connectivity index (χ0n) is 21.2. The van der Waals surface area contributed by atoms with E-state index in [-0.39, 0.29) is 36.7 Å². The SMILES string of the molecule is C/C(=N/N=C(N)N)c1cccc(NC(=O)c2ccc(Nc3ccnc4ccc(N(C)C)cc34)cc2)c1.Cl.Cl. The lowest BCUT2D eigenvalue weighted by atomic mass is 10.1. The normalized spacial score (nSPS) is 10.6. The number of anilines is 4. The summed E-state index contributed by atoms with van der Waals surface area (Å²) in [6, 6.07) is 22.7. The largest absolute Gasteiger partial charge is 0.378 e. The van der Waals surface area contributed by atoms with Crippen molar-refractivity contribution in [3.63, 3.8) is 0 Å². The second-order valence-electron chi connectivity index (χ2n) is 8.40. The van der Waals surface area contributed by atoms with Crippen LogP contribution in [0.3, 0.4) is 0 Å². The Balaban J connectivity index is 0.00000253. The first kappa shape index (κ1) is 29.9. The molecule has 0 saturated carbocycles. The molecule has 198 valence electrons. The maximum atomic E-state index is 12.8. The van der Waals surface area contributed by atoms with Crippen LogP contribution in [0.5, 0.6) is 0 Å². The third-order valence-corrected chi connectivity index (χ3v) is 5.52. The van der Waals surface area contributed by atoms with Crippen molar-refractivity contribution >= 4 is 76.0 Å². The average Bonchev–Trinajstić information content (AvgIpc) is 2.87. The van der Waals surface area contributed by atoms with Gasteiger partial charge in [-0.15, -0.1) is 29.9 Å². The highest BCUT2D eigenvalue weighted by atomic mass is 35.5. The zero-order chi connectivity index (χ0) is 25.7. The van der Waals surface area contributed by atoms with Crippen molar-refractivity contribution in [3.05, 3.63) is 90.1 Å². The summed E-state index contributed by atoms with van der Waals surface area (Å²) in [5.41, 5.74) is 17.0. The van der Waals surface area contributed by atoms with Gasteiger partial charge in [0.2, 0.25) is 5.96 Å². The lowest BCUT2D eigenvalue weighted by Crippen LogP contribution is -2.22. The lowest BCUT2D eigenvalue weighted by Gasteiger charge is -2.15. The van der Waals surface area contributed by atoms with Crippen LogP contribution >= 0.6 is 24.8 Å². The predicted molar refractivity (Wildman–Crippen MR) is 163 cm³/mol. The van der Waals surface area contributed by atoms with Crippen molar-refractivity contribution in [2.75, 3.05) is 29.6 Å². The quantitative estimate of drug-likeness (QED) is 0.142. The number of benzene rings is 3. The maximum absolute atomic E-state index is 12.8. The van der Waals surface area contributed by atoms with Crippen molar-refractivity contribution in [3.8, 4) is 0 Å². The summed E-state index contributed by atoms with van der Waals surface area (Å²) in [6.45, 7) is 1.78. The molecule has 0 aliphatic heterocycles. The smallest absolute Gasteiger partial charge is 0.255 e. The fourth-order valence-electron chi connectivity index (χ4n) is 3.60. The molecule has 1 aromatic heterocycles. The molecule has 0 atom stereocenters. The molecule has 0 radical (unpaired) electrons. The van der Waals surface area contributed by atoms with Crippen LogP contribution in [0.1, 0.15) is 22.8 Å². The van der Waals surface area contributed by atoms with Crippen LogP contribution < -0.4 is 27.0 Å². The topological polar surface area (TPSA) is 134 Å². The lowest BCUT2D eigenvalue weighted by molar-refractivity contribution is 0.102. The molecule has 3 aromatic carbocycles. The highest BCUT2D eigenvalue weighted by molar-refractivity contribution is 6.06. The van der Waals surface area contributed by atoms with E-state index in [9.17, 15) is 4.79 Å². The Hall–Kier alpha value is -4.34. The maximum Gasteiger partial charge on any atom is 0.255 e. The van der Waals surface area contributed by atoms with Gasteiger partial charge in [-0.2, -0.15) is 5.10 Å². The van der Waals surface area contributed by atoms with Crippen LogP contribution in [-0.2, 0) is 0 Å². The molecule has 0 fully saturated rings. The summed E-state index contributed by atoms with van der Waals surface area (Å²) in [4.78, 5) is 19.3. The Bertz CT molecular complexity index is 1470. The molecule has 0 unspecified atom stereocenters. The number of nitrogens with zero attached hydrogens (tertiary/aromatic N) is 4. The number of rotatable bonds is 7. The monoisotopic (exact) mass is 552 g/mol. The third kappa shape index (κ3) is 7.34. The van der Waals surface area contributed by atoms with Crippen LogP contribution in [0.2, 0.25) is 0 Å². The highest BCUT2D eigenvalue weighted by Gasteiger charge is 2.09. The second kappa shape index (κ2) is 13.3. The van der Waals surface area contributed by atoms with Gasteiger partial charge >= 0.3 is 0 Å². The van der Waals surface area contributed by atoms with E-state index in [1.54, 1.807) is 25.3 Å². The number of carbonyl (C=O) groups is 1. The van der Waals surface area contributed by atoms with Gasteiger partial charge in [-0.1, -0.05) is 12.1 Å².